The van der Waals surface area contributed by atoms with Crippen molar-refractivity contribution in [2.45, 2.75) is 213 Å². The van der Waals surface area contributed by atoms with E-state index in [0.717, 1.165) is 0 Å². The van der Waals surface area contributed by atoms with Crippen molar-refractivity contribution in [3.05, 3.63) is 18.2 Å². The second-order valence-corrected chi connectivity index (χ2v) is 12.6. The second kappa shape index (κ2) is 26.4. The molecule has 0 amide bonds. The molecule has 0 radical (unpaired) electrons. The minimum absolute atomic E-state index is 0.621. The number of hydrogen-bond donors (Lipinski definition) is 1. The summed E-state index contributed by atoms with van der Waals surface area (Å²) >= 11 is 0. The second-order valence-electron chi connectivity index (χ2n) is 12.6. The Morgan fingerprint density at radius 2 is 0.895 bits per heavy atom. The Bertz CT molecular complexity index is 592. The van der Waals surface area contributed by atoms with Gasteiger partial charge in [-0.3, -0.25) is 0 Å². The minimum atomic E-state index is 0.621. The number of unbranched alkanes of at least 4 members (excludes halogenated alkanes) is 21. The summed E-state index contributed by atoms with van der Waals surface area (Å²) in [5, 5.41) is 0. The van der Waals surface area contributed by atoms with E-state index >= 15 is 0 Å². The van der Waals surface area contributed by atoms with Crippen LogP contribution < -0.4 is 4.57 Å². The molecule has 0 bridgehead atoms. The molecule has 2 atom stereocenters. The van der Waals surface area contributed by atoms with Crippen LogP contribution in [-0.2, 0) is 0 Å². The molecule has 0 saturated heterocycles. The summed E-state index contributed by atoms with van der Waals surface area (Å²) in [6.07, 6.45) is 42.8. The quantitative estimate of drug-likeness (QED) is 0.0783. The van der Waals surface area contributed by atoms with Gasteiger partial charge in [-0.15, -0.1) is 0 Å². The van der Waals surface area contributed by atoms with Gasteiger partial charge in [0.25, 0.3) is 5.82 Å². The lowest BCUT2D eigenvalue weighted by atomic mass is 9.94. The van der Waals surface area contributed by atoms with E-state index in [1.807, 2.05) is 0 Å². The molecule has 0 aliphatic carbocycles. The monoisotopic (exact) mass is 532 g/mol. The molecule has 2 heteroatoms. The van der Waals surface area contributed by atoms with Gasteiger partial charge < -0.3 is 0 Å². The zero-order valence-electron chi connectivity index (χ0n) is 26.8. The minimum Gasteiger partial charge on any atom is -0.247 e. The van der Waals surface area contributed by atoms with E-state index in [4.69, 9.17) is 0 Å². The smallest absolute Gasteiger partial charge is 0.247 e. The van der Waals surface area contributed by atoms with Crippen molar-refractivity contribution < 1.29 is 4.57 Å². The fourth-order valence-corrected chi connectivity index (χ4v) is 6.31. The third kappa shape index (κ3) is 18.5. The standard InChI is InChI=1S/C36H70N2/c1-5-8-10-12-14-16-17-18-19-20-21-22-23-25-27-30-34(4)38-33-32-37-36(38)35(29-7-3)31-28-26-24-15-13-11-9-6-2/h32-35H,5-31H2,1-4H3/p+1. The molecule has 0 fully saturated rings. The van der Waals surface area contributed by atoms with E-state index in [0.29, 0.717) is 12.0 Å². The van der Waals surface area contributed by atoms with Crippen molar-refractivity contribution in [2.75, 3.05) is 0 Å². The van der Waals surface area contributed by atoms with Crippen LogP contribution in [0.4, 0.5) is 0 Å². The number of imidazole rings is 1. The van der Waals surface area contributed by atoms with Crippen molar-refractivity contribution in [3.8, 4) is 0 Å². The number of nitrogens with zero attached hydrogens (tertiary/aromatic N) is 1. The molecule has 0 aliphatic heterocycles. The highest BCUT2D eigenvalue weighted by atomic mass is 15.1. The SMILES string of the molecule is CCCCCCCCCCCCCCCCCC(C)[n+]1cc[nH]c1C(CCC)CCCCCCCCCC. The van der Waals surface area contributed by atoms with Gasteiger partial charge in [-0.05, 0) is 32.6 Å². The average Bonchev–Trinajstić information content (AvgIpc) is 3.41. The molecule has 0 aliphatic rings. The Balaban J connectivity index is 2.13. The molecular formula is C36H71N2+. The molecule has 1 N–H and O–H groups in total. The lowest BCUT2D eigenvalue weighted by Crippen LogP contribution is -2.41. The van der Waals surface area contributed by atoms with Crippen molar-refractivity contribution in [1.29, 1.82) is 0 Å². The van der Waals surface area contributed by atoms with Gasteiger partial charge in [0.05, 0.1) is 12.0 Å². The lowest BCUT2D eigenvalue weighted by Gasteiger charge is -2.16. The van der Waals surface area contributed by atoms with Crippen LogP contribution in [0.5, 0.6) is 0 Å². The summed E-state index contributed by atoms with van der Waals surface area (Å²) in [4.78, 5) is 3.66. The summed E-state index contributed by atoms with van der Waals surface area (Å²) < 4.78 is 2.59. The summed E-state index contributed by atoms with van der Waals surface area (Å²) in [6, 6.07) is 0.621. The normalized spacial score (nSPS) is 13.3. The first kappa shape index (κ1) is 35.2. The summed E-state index contributed by atoms with van der Waals surface area (Å²) in [6.45, 7) is 9.41. The molecule has 0 aromatic carbocycles. The maximum absolute atomic E-state index is 3.66. The maximum atomic E-state index is 3.66. The number of aromatic nitrogens is 2. The number of rotatable bonds is 29. The molecule has 2 unspecified atom stereocenters. The predicted molar refractivity (Wildman–Crippen MR) is 170 cm³/mol. The van der Waals surface area contributed by atoms with Crippen LogP contribution in [0.1, 0.15) is 219 Å². The average molecular weight is 532 g/mol. The number of nitrogens with one attached hydrogen (secondary N) is 1. The van der Waals surface area contributed by atoms with E-state index in [-0.39, 0.29) is 0 Å². The molecular weight excluding hydrogens is 460 g/mol. The predicted octanol–water partition coefficient (Wildman–Crippen LogP) is 12.5. The molecule has 38 heavy (non-hydrogen) atoms. The molecule has 1 rings (SSSR count). The van der Waals surface area contributed by atoms with Gasteiger partial charge in [-0.1, -0.05) is 168 Å². The van der Waals surface area contributed by atoms with Crippen molar-refractivity contribution >= 4 is 0 Å². The molecule has 0 saturated carbocycles. The van der Waals surface area contributed by atoms with Gasteiger partial charge in [0.1, 0.15) is 12.4 Å². The van der Waals surface area contributed by atoms with Crippen LogP contribution in [0.3, 0.4) is 0 Å². The van der Waals surface area contributed by atoms with Gasteiger partial charge in [-0.2, -0.15) is 0 Å². The summed E-state index contributed by atoms with van der Waals surface area (Å²) in [7, 11) is 0. The summed E-state index contributed by atoms with van der Waals surface area (Å²) in [5.41, 5.74) is 0. The van der Waals surface area contributed by atoms with Crippen LogP contribution in [0.25, 0.3) is 0 Å². The highest BCUT2D eigenvalue weighted by molar-refractivity contribution is 4.90. The lowest BCUT2D eigenvalue weighted by molar-refractivity contribution is -0.727. The highest BCUT2D eigenvalue weighted by Crippen LogP contribution is 2.26. The van der Waals surface area contributed by atoms with E-state index in [1.54, 1.807) is 0 Å². The highest BCUT2D eigenvalue weighted by Gasteiger charge is 2.24. The van der Waals surface area contributed by atoms with E-state index in [1.165, 1.54) is 179 Å². The van der Waals surface area contributed by atoms with E-state index < -0.39 is 0 Å². The molecule has 0 spiro atoms. The van der Waals surface area contributed by atoms with Crippen molar-refractivity contribution in [2.24, 2.45) is 0 Å². The van der Waals surface area contributed by atoms with Crippen LogP contribution in [-0.4, -0.2) is 4.98 Å². The summed E-state index contributed by atoms with van der Waals surface area (Å²) in [5.74, 6) is 2.21. The molecule has 224 valence electrons. The van der Waals surface area contributed by atoms with Gasteiger partial charge in [-0.25, -0.2) is 9.55 Å². The number of H-pyrrole nitrogens is 1. The maximum Gasteiger partial charge on any atom is 0.257 e. The van der Waals surface area contributed by atoms with Crippen molar-refractivity contribution in [1.82, 2.24) is 4.98 Å². The zero-order chi connectivity index (χ0) is 27.5. The van der Waals surface area contributed by atoms with Gasteiger partial charge in [0.15, 0.2) is 0 Å². The molecule has 2 nitrogen and oxygen atoms in total. The molecule has 1 aromatic rings. The Morgan fingerprint density at radius 3 is 1.32 bits per heavy atom. The largest absolute Gasteiger partial charge is 0.257 e. The Labute approximate surface area is 240 Å². The molecule has 1 aromatic heterocycles. The van der Waals surface area contributed by atoms with Crippen LogP contribution >= 0.6 is 0 Å². The third-order valence-electron chi connectivity index (χ3n) is 8.87. The Hall–Kier alpha value is -0.790. The Kier molecular flexibility index (Phi) is 24.5. The Morgan fingerprint density at radius 1 is 0.500 bits per heavy atom. The number of aromatic amines is 1. The van der Waals surface area contributed by atoms with Gasteiger partial charge >= 0.3 is 0 Å². The van der Waals surface area contributed by atoms with Crippen LogP contribution in [0.15, 0.2) is 12.4 Å². The van der Waals surface area contributed by atoms with Crippen LogP contribution in [0.2, 0.25) is 0 Å². The zero-order valence-corrected chi connectivity index (χ0v) is 26.8. The first-order chi connectivity index (χ1) is 18.7. The third-order valence-corrected chi connectivity index (χ3v) is 8.87. The fraction of sp³-hybridized carbons (Fsp3) is 0.917. The van der Waals surface area contributed by atoms with Crippen LogP contribution in [0, 0.1) is 0 Å². The van der Waals surface area contributed by atoms with Gasteiger partial charge in [0.2, 0.25) is 0 Å². The van der Waals surface area contributed by atoms with Crippen molar-refractivity contribution in [3.63, 3.8) is 0 Å². The van der Waals surface area contributed by atoms with E-state index in [9.17, 15) is 0 Å². The topological polar surface area (TPSA) is 19.7 Å². The van der Waals surface area contributed by atoms with Gasteiger partial charge in [0, 0.05) is 0 Å². The van der Waals surface area contributed by atoms with E-state index in [2.05, 4.69) is 49.6 Å². The first-order valence-electron chi connectivity index (χ1n) is 17.8. The first-order valence-corrected chi connectivity index (χ1v) is 17.8. The fourth-order valence-electron chi connectivity index (χ4n) is 6.31. The number of hydrogen-bond acceptors (Lipinski definition) is 0. The molecule has 1 heterocycles.